The van der Waals surface area contributed by atoms with Gasteiger partial charge in [-0.2, -0.15) is 0 Å². The molecule has 0 radical (unpaired) electrons. The maximum absolute atomic E-state index is 12.4. The normalized spacial score (nSPS) is 25.9. The van der Waals surface area contributed by atoms with E-state index in [1.54, 1.807) is 0 Å². The Labute approximate surface area is 125 Å². The number of hydrogen-bond acceptors (Lipinski definition) is 3. The van der Waals surface area contributed by atoms with Gasteiger partial charge in [-0.05, 0) is 42.9 Å². The zero-order valence-electron chi connectivity index (χ0n) is 12.2. The van der Waals surface area contributed by atoms with Crippen LogP contribution in [0.5, 0.6) is 0 Å². The molecule has 1 saturated carbocycles. The first-order chi connectivity index (χ1) is 9.85. The Balaban J connectivity index is 2.19. The largest absolute Gasteiger partial charge is 0.478 e. The van der Waals surface area contributed by atoms with Gasteiger partial charge in [0.15, 0.2) is 0 Å². The van der Waals surface area contributed by atoms with Crippen LogP contribution in [0.3, 0.4) is 0 Å². The van der Waals surface area contributed by atoms with Gasteiger partial charge in [-0.15, -0.1) is 0 Å². The van der Waals surface area contributed by atoms with E-state index in [1.807, 2.05) is 0 Å². The molecule has 0 bridgehead atoms. The topological polar surface area (TPSA) is 83.5 Å². The molecule has 0 saturated heterocycles. The standard InChI is InChI=1S/C15H21NO4S/c1-3-11-7-8-14(10(11)2)16-21(19,20)13-6-4-5-12(9-13)15(17)18/h4-6,9-11,14,16H,3,7-8H2,1-2H3,(H,17,18). The first-order valence-electron chi connectivity index (χ1n) is 7.21. The van der Waals surface area contributed by atoms with Crippen LogP contribution < -0.4 is 4.72 Å². The van der Waals surface area contributed by atoms with E-state index in [-0.39, 0.29) is 16.5 Å². The summed E-state index contributed by atoms with van der Waals surface area (Å²) < 4.78 is 27.5. The SMILES string of the molecule is CCC1CCC(NS(=O)(=O)c2cccc(C(=O)O)c2)C1C. The zero-order chi connectivity index (χ0) is 15.6. The van der Waals surface area contributed by atoms with Gasteiger partial charge in [0.2, 0.25) is 10.0 Å². The Kier molecular flexibility index (Phi) is 4.68. The molecule has 6 heteroatoms. The van der Waals surface area contributed by atoms with Gasteiger partial charge in [-0.1, -0.05) is 26.3 Å². The summed E-state index contributed by atoms with van der Waals surface area (Å²) in [7, 11) is -3.68. The highest BCUT2D eigenvalue weighted by Crippen LogP contribution is 2.34. The van der Waals surface area contributed by atoms with Gasteiger partial charge in [0, 0.05) is 6.04 Å². The maximum atomic E-state index is 12.4. The molecule has 21 heavy (non-hydrogen) atoms. The quantitative estimate of drug-likeness (QED) is 0.875. The van der Waals surface area contributed by atoms with Crippen LogP contribution in [0.1, 0.15) is 43.5 Å². The van der Waals surface area contributed by atoms with E-state index < -0.39 is 16.0 Å². The number of nitrogens with one attached hydrogen (secondary N) is 1. The van der Waals surface area contributed by atoms with E-state index in [2.05, 4.69) is 18.6 Å². The molecular weight excluding hydrogens is 290 g/mol. The van der Waals surface area contributed by atoms with E-state index in [0.717, 1.165) is 19.3 Å². The molecule has 5 nitrogen and oxygen atoms in total. The average Bonchev–Trinajstić information content (AvgIpc) is 2.79. The van der Waals surface area contributed by atoms with E-state index in [1.165, 1.54) is 24.3 Å². The number of benzene rings is 1. The first kappa shape index (κ1) is 16.0. The lowest BCUT2D eigenvalue weighted by atomic mass is 9.94. The van der Waals surface area contributed by atoms with Crippen LogP contribution in [-0.2, 0) is 10.0 Å². The number of aromatic carboxylic acids is 1. The van der Waals surface area contributed by atoms with Crippen LogP contribution in [-0.4, -0.2) is 25.5 Å². The lowest BCUT2D eigenvalue weighted by Gasteiger charge is -2.21. The number of carboxylic acid groups (broad SMARTS) is 1. The number of rotatable bonds is 5. The molecule has 1 aromatic rings. The molecular formula is C15H21NO4S. The summed E-state index contributed by atoms with van der Waals surface area (Å²) in [5, 5.41) is 8.95. The fourth-order valence-electron chi connectivity index (χ4n) is 3.05. The van der Waals surface area contributed by atoms with Crippen molar-refractivity contribution in [1.82, 2.24) is 4.72 Å². The van der Waals surface area contributed by atoms with Crippen LogP contribution in [0.2, 0.25) is 0 Å². The third kappa shape index (κ3) is 3.44. The van der Waals surface area contributed by atoms with Crippen LogP contribution in [0.15, 0.2) is 29.2 Å². The minimum Gasteiger partial charge on any atom is -0.478 e. The summed E-state index contributed by atoms with van der Waals surface area (Å²) in [5.41, 5.74) is -0.0243. The van der Waals surface area contributed by atoms with Crippen molar-refractivity contribution >= 4 is 16.0 Å². The Morgan fingerprint density at radius 3 is 2.67 bits per heavy atom. The summed E-state index contributed by atoms with van der Waals surface area (Å²) >= 11 is 0. The summed E-state index contributed by atoms with van der Waals surface area (Å²) in [6.07, 6.45) is 2.91. The number of carboxylic acids is 1. The summed E-state index contributed by atoms with van der Waals surface area (Å²) in [6.45, 7) is 4.19. The van der Waals surface area contributed by atoms with Gasteiger partial charge in [0.05, 0.1) is 10.5 Å². The monoisotopic (exact) mass is 311 g/mol. The molecule has 0 aromatic heterocycles. The van der Waals surface area contributed by atoms with Crippen LogP contribution >= 0.6 is 0 Å². The lowest BCUT2D eigenvalue weighted by molar-refractivity contribution is 0.0696. The van der Waals surface area contributed by atoms with Crippen LogP contribution in [0, 0.1) is 11.8 Å². The fourth-order valence-corrected chi connectivity index (χ4v) is 4.46. The van der Waals surface area contributed by atoms with Gasteiger partial charge < -0.3 is 5.11 Å². The average molecular weight is 311 g/mol. The van der Waals surface area contributed by atoms with Crippen molar-refractivity contribution in [3.05, 3.63) is 29.8 Å². The zero-order valence-corrected chi connectivity index (χ0v) is 13.1. The molecule has 3 unspecified atom stereocenters. The summed E-state index contributed by atoms with van der Waals surface area (Å²) in [4.78, 5) is 11.0. The predicted molar refractivity (Wildman–Crippen MR) is 79.7 cm³/mol. The lowest BCUT2D eigenvalue weighted by Crippen LogP contribution is -2.37. The van der Waals surface area contributed by atoms with Crippen molar-refractivity contribution in [2.75, 3.05) is 0 Å². The van der Waals surface area contributed by atoms with Crippen LogP contribution in [0.25, 0.3) is 0 Å². The van der Waals surface area contributed by atoms with E-state index in [9.17, 15) is 13.2 Å². The third-order valence-corrected chi connectivity index (χ3v) is 5.94. The van der Waals surface area contributed by atoms with Gasteiger partial charge in [0.25, 0.3) is 0 Å². The molecule has 2 rings (SSSR count). The fraction of sp³-hybridized carbons (Fsp3) is 0.533. The molecule has 0 amide bonds. The third-order valence-electron chi connectivity index (χ3n) is 4.45. The highest BCUT2D eigenvalue weighted by atomic mass is 32.2. The Morgan fingerprint density at radius 1 is 1.38 bits per heavy atom. The Morgan fingerprint density at radius 2 is 2.10 bits per heavy atom. The van der Waals surface area contributed by atoms with E-state index in [0.29, 0.717) is 11.8 Å². The molecule has 1 aromatic carbocycles. The Bertz CT molecular complexity index is 626. The van der Waals surface area contributed by atoms with Gasteiger partial charge >= 0.3 is 5.97 Å². The van der Waals surface area contributed by atoms with Crippen molar-refractivity contribution in [2.45, 2.75) is 44.0 Å². The van der Waals surface area contributed by atoms with Crippen molar-refractivity contribution < 1.29 is 18.3 Å². The van der Waals surface area contributed by atoms with E-state index >= 15 is 0 Å². The molecule has 0 spiro atoms. The molecule has 3 atom stereocenters. The van der Waals surface area contributed by atoms with Crippen molar-refractivity contribution in [3.8, 4) is 0 Å². The highest BCUT2D eigenvalue weighted by Gasteiger charge is 2.34. The number of sulfonamides is 1. The molecule has 1 aliphatic rings. The second-order valence-electron chi connectivity index (χ2n) is 5.67. The summed E-state index contributed by atoms with van der Waals surface area (Å²) in [5.74, 6) is -0.289. The molecule has 0 heterocycles. The van der Waals surface area contributed by atoms with Crippen molar-refractivity contribution in [2.24, 2.45) is 11.8 Å². The smallest absolute Gasteiger partial charge is 0.335 e. The van der Waals surface area contributed by atoms with E-state index in [4.69, 9.17) is 5.11 Å². The van der Waals surface area contributed by atoms with Gasteiger partial charge in [0.1, 0.15) is 0 Å². The minimum absolute atomic E-state index is 0.00884. The second-order valence-corrected chi connectivity index (χ2v) is 7.38. The molecule has 1 fully saturated rings. The van der Waals surface area contributed by atoms with Crippen molar-refractivity contribution in [1.29, 1.82) is 0 Å². The number of carbonyl (C=O) groups is 1. The highest BCUT2D eigenvalue weighted by molar-refractivity contribution is 7.89. The predicted octanol–water partition coefficient (Wildman–Crippen LogP) is 2.49. The van der Waals surface area contributed by atoms with Gasteiger partial charge in [-0.25, -0.2) is 17.9 Å². The van der Waals surface area contributed by atoms with Crippen LogP contribution in [0.4, 0.5) is 0 Å². The summed E-state index contributed by atoms with van der Waals surface area (Å²) in [6, 6.07) is 5.37. The Hall–Kier alpha value is -1.40. The minimum atomic E-state index is -3.68. The second kappa shape index (κ2) is 6.15. The molecule has 2 N–H and O–H groups in total. The number of hydrogen-bond donors (Lipinski definition) is 2. The molecule has 1 aliphatic carbocycles. The van der Waals surface area contributed by atoms with Gasteiger partial charge in [-0.3, -0.25) is 0 Å². The first-order valence-corrected chi connectivity index (χ1v) is 8.69. The maximum Gasteiger partial charge on any atom is 0.335 e. The van der Waals surface area contributed by atoms with Crippen molar-refractivity contribution in [3.63, 3.8) is 0 Å². The molecule has 0 aliphatic heterocycles. The molecule has 116 valence electrons.